The summed E-state index contributed by atoms with van der Waals surface area (Å²) in [7, 11) is 0. The van der Waals surface area contributed by atoms with E-state index in [9.17, 15) is 30.6 Å². The zero-order chi connectivity index (χ0) is 20.7. The van der Waals surface area contributed by atoms with E-state index in [1.165, 1.54) is 24.3 Å². The lowest BCUT2D eigenvalue weighted by Gasteiger charge is -2.36. The number of aliphatic hydroxyl groups is 3. The van der Waals surface area contributed by atoms with Crippen molar-refractivity contribution in [2.75, 3.05) is 6.61 Å². The topological polar surface area (TPSA) is 149 Å². The summed E-state index contributed by atoms with van der Waals surface area (Å²) in [4.78, 5) is 0. The smallest absolute Gasteiger partial charge is 0.228 e. The van der Waals surface area contributed by atoms with Gasteiger partial charge in [0.1, 0.15) is 41.7 Å². The average molecular weight is 406 g/mol. The molecule has 0 aromatic heterocycles. The molecule has 0 saturated carbocycles. The summed E-state index contributed by atoms with van der Waals surface area (Å²) in [6.07, 6.45) is -4.67. The van der Waals surface area contributed by atoms with Gasteiger partial charge in [-0.05, 0) is 30.5 Å². The Morgan fingerprint density at radius 2 is 1.72 bits per heavy atom. The van der Waals surface area contributed by atoms with Crippen molar-refractivity contribution >= 4 is 0 Å². The van der Waals surface area contributed by atoms with Crippen molar-refractivity contribution in [1.82, 2.24) is 0 Å². The second-order valence-corrected chi connectivity index (χ2v) is 7.18. The Balaban J connectivity index is 1.57. The Kier molecular flexibility index (Phi) is 5.13. The van der Waals surface area contributed by atoms with Crippen molar-refractivity contribution in [3.63, 3.8) is 0 Å². The molecular weight excluding hydrogens is 384 g/mol. The van der Waals surface area contributed by atoms with Gasteiger partial charge in [0, 0.05) is 17.7 Å². The van der Waals surface area contributed by atoms with Gasteiger partial charge in [0.15, 0.2) is 11.5 Å². The number of aromatic hydroxyl groups is 3. The first-order valence-electron chi connectivity index (χ1n) is 9.20. The van der Waals surface area contributed by atoms with E-state index < -0.39 is 30.7 Å². The minimum Gasteiger partial charge on any atom is -0.508 e. The number of phenols is 3. The summed E-state index contributed by atoms with van der Waals surface area (Å²) in [5.41, 5.74) is 1.32. The third-order valence-corrected chi connectivity index (χ3v) is 5.15. The standard InChI is InChI=1S/C20H22O9/c21-10-6-16-11(2-4-15(28-16)9-1-3-12(22)13(23)5-9)17(7-10)29-20-19(26)18(25)14(24)8-27-20/h1,3,5-7,14-15,18-26H,2,4,8H2. The maximum atomic E-state index is 10.1. The zero-order valence-electron chi connectivity index (χ0n) is 15.3. The van der Waals surface area contributed by atoms with Gasteiger partial charge in [-0.3, -0.25) is 0 Å². The van der Waals surface area contributed by atoms with E-state index in [4.69, 9.17) is 14.2 Å². The van der Waals surface area contributed by atoms with E-state index in [1.807, 2.05) is 0 Å². The van der Waals surface area contributed by atoms with E-state index in [1.54, 1.807) is 6.07 Å². The van der Waals surface area contributed by atoms with Gasteiger partial charge in [-0.2, -0.15) is 0 Å². The fraction of sp³-hybridized carbons (Fsp3) is 0.400. The second kappa shape index (κ2) is 7.60. The molecule has 0 amide bonds. The van der Waals surface area contributed by atoms with Crippen LogP contribution in [0.2, 0.25) is 0 Å². The number of fused-ring (bicyclic) bond motifs is 1. The Hall–Kier alpha value is -2.72. The van der Waals surface area contributed by atoms with E-state index in [-0.39, 0.29) is 29.6 Å². The normalized spacial score (nSPS) is 29.0. The third kappa shape index (κ3) is 3.77. The van der Waals surface area contributed by atoms with Crippen LogP contribution in [0.4, 0.5) is 0 Å². The Morgan fingerprint density at radius 3 is 2.48 bits per heavy atom. The molecule has 0 radical (unpaired) electrons. The lowest BCUT2D eigenvalue weighted by Crippen LogP contribution is -2.54. The Labute approximate surface area is 166 Å². The van der Waals surface area contributed by atoms with Crippen molar-refractivity contribution in [3.05, 3.63) is 41.5 Å². The van der Waals surface area contributed by atoms with Gasteiger partial charge in [-0.25, -0.2) is 0 Å². The van der Waals surface area contributed by atoms with Crippen LogP contribution in [0, 0.1) is 0 Å². The summed E-state index contributed by atoms with van der Waals surface area (Å²) >= 11 is 0. The van der Waals surface area contributed by atoms with Gasteiger partial charge in [0.05, 0.1) is 6.61 Å². The molecule has 2 aliphatic heterocycles. The van der Waals surface area contributed by atoms with Gasteiger partial charge < -0.3 is 44.8 Å². The van der Waals surface area contributed by atoms with Crippen LogP contribution in [-0.2, 0) is 11.2 Å². The number of hydrogen-bond acceptors (Lipinski definition) is 9. The molecule has 6 N–H and O–H groups in total. The number of rotatable bonds is 3. The van der Waals surface area contributed by atoms with Crippen molar-refractivity contribution in [2.45, 2.75) is 43.5 Å². The van der Waals surface area contributed by atoms with Crippen molar-refractivity contribution < 1.29 is 44.8 Å². The largest absolute Gasteiger partial charge is 0.508 e. The van der Waals surface area contributed by atoms with Crippen molar-refractivity contribution in [2.24, 2.45) is 0 Å². The fourth-order valence-corrected chi connectivity index (χ4v) is 3.53. The summed E-state index contributed by atoms with van der Waals surface area (Å²) in [6.45, 7) is -0.202. The summed E-state index contributed by atoms with van der Waals surface area (Å²) in [5, 5.41) is 58.7. The maximum absolute atomic E-state index is 10.1. The van der Waals surface area contributed by atoms with Gasteiger partial charge in [-0.1, -0.05) is 6.07 Å². The molecule has 0 aliphatic carbocycles. The number of hydrogen-bond donors (Lipinski definition) is 6. The van der Waals surface area contributed by atoms with Crippen LogP contribution >= 0.6 is 0 Å². The molecule has 2 aliphatic rings. The highest BCUT2D eigenvalue weighted by atomic mass is 16.7. The number of ether oxygens (including phenoxy) is 3. The van der Waals surface area contributed by atoms with E-state index >= 15 is 0 Å². The van der Waals surface area contributed by atoms with Crippen LogP contribution in [0.1, 0.15) is 23.7 Å². The van der Waals surface area contributed by atoms with Crippen LogP contribution in [0.3, 0.4) is 0 Å². The molecule has 4 rings (SSSR count). The molecule has 9 nitrogen and oxygen atoms in total. The lowest BCUT2D eigenvalue weighted by atomic mass is 9.96. The highest BCUT2D eigenvalue weighted by molar-refractivity contribution is 5.52. The first kappa shape index (κ1) is 19.6. The molecule has 29 heavy (non-hydrogen) atoms. The number of aliphatic hydroxyl groups excluding tert-OH is 3. The molecule has 1 saturated heterocycles. The van der Waals surface area contributed by atoms with Crippen LogP contribution in [0.5, 0.6) is 28.7 Å². The number of benzene rings is 2. The Morgan fingerprint density at radius 1 is 0.931 bits per heavy atom. The van der Waals surface area contributed by atoms with Gasteiger partial charge in [0.2, 0.25) is 6.29 Å². The molecule has 156 valence electrons. The molecule has 5 atom stereocenters. The zero-order valence-corrected chi connectivity index (χ0v) is 15.3. The quantitative estimate of drug-likeness (QED) is 0.405. The van der Waals surface area contributed by atoms with Crippen LogP contribution in [0.25, 0.3) is 0 Å². The van der Waals surface area contributed by atoms with Crippen molar-refractivity contribution in [1.29, 1.82) is 0 Å². The molecule has 0 bridgehead atoms. The van der Waals surface area contributed by atoms with Gasteiger partial charge in [-0.15, -0.1) is 0 Å². The predicted octanol–water partition coefficient (Wildman–Crippen LogP) is 0.687. The fourth-order valence-electron chi connectivity index (χ4n) is 3.53. The van der Waals surface area contributed by atoms with Crippen molar-refractivity contribution in [3.8, 4) is 28.7 Å². The highest BCUT2D eigenvalue weighted by Gasteiger charge is 2.39. The monoisotopic (exact) mass is 406 g/mol. The molecule has 0 spiro atoms. The van der Waals surface area contributed by atoms with Crippen LogP contribution in [0.15, 0.2) is 30.3 Å². The molecule has 2 heterocycles. The molecule has 1 fully saturated rings. The van der Waals surface area contributed by atoms with Crippen LogP contribution in [-0.4, -0.2) is 61.8 Å². The second-order valence-electron chi connectivity index (χ2n) is 7.18. The molecular formula is C20H22O9. The number of phenolic OH excluding ortho intramolecular Hbond substituents is 3. The SMILES string of the molecule is Oc1cc2c(c(OC3OCC(O)C(O)C3O)c1)CCC(c1ccc(O)c(O)c1)O2. The summed E-state index contributed by atoms with van der Waals surface area (Å²) in [5.74, 6) is 0.00539. The average Bonchev–Trinajstić information content (AvgIpc) is 2.70. The first-order valence-corrected chi connectivity index (χ1v) is 9.20. The first-order chi connectivity index (χ1) is 13.8. The van der Waals surface area contributed by atoms with Crippen LogP contribution < -0.4 is 9.47 Å². The predicted molar refractivity (Wildman–Crippen MR) is 98.0 cm³/mol. The summed E-state index contributed by atoms with van der Waals surface area (Å²) < 4.78 is 16.9. The minimum absolute atomic E-state index is 0.126. The molecule has 2 aromatic carbocycles. The van der Waals surface area contributed by atoms with Gasteiger partial charge in [0.25, 0.3) is 0 Å². The minimum atomic E-state index is -1.46. The van der Waals surface area contributed by atoms with Gasteiger partial charge >= 0.3 is 0 Å². The third-order valence-electron chi connectivity index (χ3n) is 5.15. The maximum Gasteiger partial charge on any atom is 0.228 e. The van der Waals surface area contributed by atoms with E-state index in [0.717, 1.165) is 0 Å². The lowest BCUT2D eigenvalue weighted by molar-refractivity contribution is -0.242. The highest BCUT2D eigenvalue weighted by Crippen LogP contribution is 2.43. The van der Waals surface area contributed by atoms with E-state index in [0.29, 0.717) is 29.7 Å². The molecule has 5 unspecified atom stereocenters. The molecule has 2 aromatic rings. The summed E-state index contributed by atoms with van der Waals surface area (Å²) in [6, 6.07) is 7.24. The molecule has 9 heteroatoms. The van der Waals surface area contributed by atoms with E-state index in [2.05, 4.69) is 0 Å². The Bertz CT molecular complexity index is 900.